The van der Waals surface area contributed by atoms with E-state index in [1.165, 1.54) is 0 Å². The maximum Gasteiger partial charge on any atom is 0.187 e. The molecular formula is C37H42O8. The number of ether oxygens (including phenoxy) is 6. The van der Waals surface area contributed by atoms with Crippen molar-refractivity contribution in [1.29, 1.82) is 0 Å². The van der Waals surface area contributed by atoms with Crippen molar-refractivity contribution in [3.8, 4) is 0 Å². The van der Waals surface area contributed by atoms with Gasteiger partial charge in [-0.05, 0) is 22.3 Å². The maximum atomic E-state index is 10.1. The van der Waals surface area contributed by atoms with Gasteiger partial charge in [0, 0.05) is 0 Å². The highest BCUT2D eigenvalue weighted by Gasteiger charge is 2.49. The Morgan fingerprint density at radius 2 is 0.956 bits per heavy atom. The van der Waals surface area contributed by atoms with Gasteiger partial charge in [0.15, 0.2) is 6.29 Å². The summed E-state index contributed by atoms with van der Waals surface area (Å²) in [6.45, 7) is 0.926. The van der Waals surface area contributed by atoms with Crippen LogP contribution in [-0.4, -0.2) is 66.8 Å². The van der Waals surface area contributed by atoms with Crippen LogP contribution >= 0.6 is 0 Å². The SMILES string of the molecule is OCC(O)CO[C@@H]1O[C@H](COCc2ccccc2)[C@H](OCc2ccccc2)[C@H](OCc2ccccc2)[C@H]1OCc1ccccc1. The molecular weight excluding hydrogens is 572 g/mol. The molecule has 2 N–H and O–H groups in total. The van der Waals surface area contributed by atoms with E-state index in [-0.39, 0.29) is 19.8 Å². The molecule has 1 saturated heterocycles. The number of aliphatic hydroxyl groups is 2. The lowest BCUT2D eigenvalue weighted by Gasteiger charge is -2.46. The van der Waals surface area contributed by atoms with Crippen LogP contribution in [0.3, 0.4) is 0 Å². The Labute approximate surface area is 265 Å². The van der Waals surface area contributed by atoms with E-state index < -0.39 is 43.4 Å². The number of rotatable bonds is 17. The van der Waals surface area contributed by atoms with Gasteiger partial charge in [-0.25, -0.2) is 0 Å². The molecule has 1 fully saturated rings. The van der Waals surface area contributed by atoms with Gasteiger partial charge in [-0.3, -0.25) is 0 Å². The smallest absolute Gasteiger partial charge is 0.187 e. The molecule has 0 saturated carbocycles. The molecule has 8 nitrogen and oxygen atoms in total. The van der Waals surface area contributed by atoms with Crippen molar-refractivity contribution in [2.45, 2.75) is 63.2 Å². The lowest BCUT2D eigenvalue weighted by atomic mass is 9.97. The molecule has 5 rings (SSSR count). The normalized spacial score (nSPS) is 22.2. The van der Waals surface area contributed by atoms with E-state index >= 15 is 0 Å². The first-order chi connectivity index (χ1) is 22.2. The zero-order valence-electron chi connectivity index (χ0n) is 25.3. The van der Waals surface area contributed by atoms with Crippen LogP contribution in [0.15, 0.2) is 121 Å². The van der Waals surface area contributed by atoms with Crippen LogP contribution in [0.2, 0.25) is 0 Å². The minimum Gasteiger partial charge on any atom is -0.394 e. The second-order valence-corrected chi connectivity index (χ2v) is 11.0. The topological polar surface area (TPSA) is 95.8 Å². The van der Waals surface area contributed by atoms with Crippen LogP contribution in [0.4, 0.5) is 0 Å². The molecule has 0 spiro atoms. The lowest BCUT2D eigenvalue weighted by Crippen LogP contribution is -2.62. The Morgan fingerprint density at radius 1 is 0.533 bits per heavy atom. The van der Waals surface area contributed by atoms with E-state index in [1.807, 2.05) is 121 Å². The summed E-state index contributed by atoms with van der Waals surface area (Å²) in [6.07, 6.45) is -4.55. The zero-order valence-corrected chi connectivity index (χ0v) is 25.3. The number of hydrogen-bond acceptors (Lipinski definition) is 8. The first-order valence-corrected chi connectivity index (χ1v) is 15.3. The van der Waals surface area contributed by atoms with Gasteiger partial charge >= 0.3 is 0 Å². The molecule has 0 bridgehead atoms. The third kappa shape index (κ3) is 10.3. The molecule has 1 aliphatic rings. The maximum absolute atomic E-state index is 10.1. The zero-order chi connectivity index (χ0) is 31.1. The average Bonchev–Trinajstić information content (AvgIpc) is 3.10. The van der Waals surface area contributed by atoms with Crippen molar-refractivity contribution < 1.29 is 38.6 Å². The third-order valence-corrected chi connectivity index (χ3v) is 7.50. The summed E-state index contributed by atoms with van der Waals surface area (Å²) in [5, 5.41) is 19.6. The van der Waals surface area contributed by atoms with Crippen LogP contribution in [0.25, 0.3) is 0 Å². The van der Waals surface area contributed by atoms with Crippen LogP contribution in [0.5, 0.6) is 0 Å². The monoisotopic (exact) mass is 614 g/mol. The summed E-state index contributed by atoms with van der Waals surface area (Å²) in [5.74, 6) is 0. The van der Waals surface area contributed by atoms with E-state index in [2.05, 4.69) is 0 Å². The summed E-state index contributed by atoms with van der Waals surface area (Å²) >= 11 is 0. The van der Waals surface area contributed by atoms with Crippen molar-refractivity contribution in [3.05, 3.63) is 144 Å². The van der Waals surface area contributed by atoms with Crippen LogP contribution in [0, 0.1) is 0 Å². The van der Waals surface area contributed by atoms with Gasteiger partial charge < -0.3 is 38.6 Å². The summed E-state index contributed by atoms with van der Waals surface area (Å²) in [4.78, 5) is 0. The van der Waals surface area contributed by atoms with Crippen molar-refractivity contribution in [2.75, 3.05) is 19.8 Å². The van der Waals surface area contributed by atoms with E-state index in [1.54, 1.807) is 0 Å². The van der Waals surface area contributed by atoms with Gasteiger partial charge in [0.1, 0.15) is 30.5 Å². The summed E-state index contributed by atoms with van der Waals surface area (Å²) in [5.41, 5.74) is 4.02. The molecule has 1 aliphatic heterocycles. The molecule has 1 unspecified atom stereocenters. The van der Waals surface area contributed by atoms with Gasteiger partial charge in [-0.1, -0.05) is 121 Å². The van der Waals surface area contributed by atoms with Gasteiger partial charge in [0.05, 0.1) is 46.2 Å². The molecule has 1 heterocycles. The van der Waals surface area contributed by atoms with Gasteiger partial charge in [0.2, 0.25) is 0 Å². The van der Waals surface area contributed by atoms with E-state index in [0.717, 1.165) is 22.3 Å². The van der Waals surface area contributed by atoms with Crippen molar-refractivity contribution in [2.24, 2.45) is 0 Å². The van der Waals surface area contributed by atoms with Crippen LogP contribution < -0.4 is 0 Å². The predicted octanol–water partition coefficient (Wildman–Crippen LogP) is 5.05. The Kier molecular flexibility index (Phi) is 13.1. The Morgan fingerprint density at radius 3 is 1.42 bits per heavy atom. The molecule has 8 heteroatoms. The molecule has 238 valence electrons. The van der Waals surface area contributed by atoms with Crippen molar-refractivity contribution in [3.63, 3.8) is 0 Å². The summed E-state index contributed by atoms with van der Waals surface area (Å²) in [7, 11) is 0. The Balaban J connectivity index is 1.43. The summed E-state index contributed by atoms with van der Waals surface area (Å²) < 4.78 is 38.5. The average molecular weight is 615 g/mol. The Bertz CT molecular complexity index is 1340. The van der Waals surface area contributed by atoms with Gasteiger partial charge in [-0.15, -0.1) is 0 Å². The molecule has 0 aliphatic carbocycles. The highest BCUT2D eigenvalue weighted by molar-refractivity contribution is 5.16. The second-order valence-electron chi connectivity index (χ2n) is 11.0. The highest BCUT2D eigenvalue weighted by Crippen LogP contribution is 2.31. The number of benzene rings is 4. The standard InChI is InChI=1S/C37H42O8/c38-21-32(39)26-44-37-36(43-25-31-19-11-4-12-20-31)35(42-24-30-17-9-3-10-18-30)34(41-23-29-15-7-2-8-16-29)33(45-37)27-40-22-28-13-5-1-6-14-28/h1-20,32-39H,21-27H2/t32?,33-,34+,35+,36-,37-/m1/s1. The first-order valence-electron chi connectivity index (χ1n) is 15.3. The van der Waals surface area contributed by atoms with Crippen molar-refractivity contribution in [1.82, 2.24) is 0 Å². The molecule has 0 amide bonds. The summed E-state index contributed by atoms with van der Waals surface area (Å²) in [6, 6.07) is 39.6. The molecule has 45 heavy (non-hydrogen) atoms. The fraction of sp³-hybridized carbons (Fsp3) is 0.351. The Hall–Kier alpha value is -3.44. The second kappa shape index (κ2) is 17.9. The van der Waals surface area contributed by atoms with E-state index in [0.29, 0.717) is 19.8 Å². The quantitative estimate of drug-likeness (QED) is 0.171. The largest absolute Gasteiger partial charge is 0.394 e. The lowest BCUT2D eigenvalue weighted by molar-refractivity contribution is -0.331. The molecule has 4 aromatic rings. The minimum absolute atomic E-state index is 0.148. The fourth-order valence-electron chi connectivity index (χ4n) is 5.14. The molecule has 4 aromatic carbocycles. The number of hydrogen-bond donors (Lipinski definition) is 2. The van der Waals surface area contributed by atoms with Crippen molar-refractivity contribution >= 4 is 0 Å². The minimum atomic E-state index is -1.08. The van der Waals surface area contributed by atoms with E-state index in [9.17, 15) is 10.2 Å². The van der Waals surface area contributed by atoms with Gasteiger partial charge in [-0.2, -0.15) is 0 Å². The van der Waals surface area contributed by atoms with E-state index in [4.69, 9.17) is 28.4 Å². The van der Waals surface area contributed by atoms with Gasteiger partial charge in [0.25, 0.3) is 0 Å². The van der Waals surface area contributed by atoms with Crippen LogP contribution in [0.1, 0.15) is 22.3 Å². The van der Waals surface area contributed by atoms with Crippen LogP contribution in [-0.2, 0) is 54.8 Å². The molecule has 0 radical (unpaired) electrons. The highest BCUT2D eigenvalue weighted by atomic mass is 16.7. The number of aliphatic hydroxyl groups excluding tert-OH is 2. The first kappa shape index (κ1) is 32.9. The molecule has 6 atom stereocenters. The molecule has 0 aromatic heterocycles. The third-order valence-electron chi connectivity index (χ3n) is 7.50. The predicted molar refractivity (Wildman–Crippen MR) is 169 cm³/mol. The fourth-order valence-corrected chi connectivity index (χ4v) is 5.14.